The first-order valence-electron chi connectivity index (χ1n) is 30.1. The molecule has 0 saturated heterocycles. The molecule has 12 aromatic carbocycles. The van der Waals surface area contributed by atoms with Crippen molar-refractivity contribution in [2.75, 3.05) is 0 Å². The molecule has 0 atom stereocenters. The van der Waals surface area contributed by atoms with Crippen LogP contribution < -0.4 is 0 Å². The van der Waals surface area contributed by atoms with Crippen LogP contribution in [0.4, 0.5) is 0 Å². The molecule has 12 aromatic rings. The molecule has 0 nitrogen and oxygen atoms in total. The molecule has 0 bridgehead atoms. The minimum atomic E-state index is -0.0517. The van der Waals surface area contributed by atoms with Crippen LogP contribution in [0.15, 0.2) is 372 Å². The maximum absolute atomic E-state index is 2.59. The second-order valence-corrected chi connectivity index (χ2v) is 35.9. The van der Waals surface area contributed by atoms with Gasteiger partial charge in [-0.15, -0.1) is 0 Å². The van der Waals surface area contributed by atoms with Crippen molar-refractivity contribution < 1.29 is 0 Å². The summed E-state index contributed by atoms with van der Waals surface area (Å²) < 4.78 is 0. The zero-order chi connectivity index (χ0) is 59.0. The van der Waals surface area contributed by atoms with E-state index in [0.717, 1.165) is 0 Å². The first kappa shape index (κ1) is 56.4. The molecular formula is C78H48S12. The smallest absolute Gasteiger partial charge is 0.0297 e. The van der Waals surface area contributed by atoms with Crippen molar-refractivity contribution in [2.45, 2.75) is 153 Å². The molecule has 0 N–H and O–H groups in total. The minimum absolute atomic E-state index is 0.0517. The number of hydrogen-bond acceptors (Lipinski definition) is 12. The van der Waals surface area contributed by atoms with Crippen LogP contribution in [-0.2, 0) is 0 Å². The van der Waals surface area contributed by atoms with E-state index in [-0.39, 0.29) is 35.5 Å². The van der Waals surface area contributed by atoms with Gasteiger partial charge in [-0.3, -0.25) is 0 Å². The molecular weight excluding hydrogens is 1320 g/mol. The summed E-state index contributed by atoms with van der Waals surface area (Å²) in [5.41, 5.74) is 8.69. The van der Waals surface area contributed by atoms with E-state index in [4.69, 9.17) is 0 Å². The molecule has 7 aliphatic rings. The first-order valence-corrected chi connectivity index (χ1v) is 39.9. The Bertz CT molecular complexity index is 4150. The Balaban J connectivity index is 0.979. The number of hydrogen-bond donors (Lipinski definition) is 0. The van der Waals surface area contributed by atoms with Gasteiger partial charge in [0.1, 0.15) is 0 Å². The lowest BCUT2D eigenvalue weighted by atomic mass is 9.49. The molecule has 19 rings (SSSR count). The highest BCUT2D eigenvalue weighted by molar-refractivity contribution is 8.07. The maximum Gasteiger partial charge on any atom is 0.0297 e. The van der Waals surface area contributed by atoms with Crippen LogP contribution in [0.1, 0.15) is 68.9 Å². The van der Waals surface area contributed by atoms with E-state index < -0.39 is 0 Å². The monoisotopic (exact) mass is 1370 g/mol. The predicted molar refractivity (Wildman–Crippen MR) is 383 cm³/mol. The van der Waals surface area contributed by atoms with Crippen molar-refractivity contribution in [3.8, 4) is 0 Å². The van der Waals surface area contributed by atoms with E-state index >= 15 is 0 Å². The summed E-state index contributed by atoms with van der Waals surface area (Å²) >= 11 is 23.8. The van der Waals surface area contributed by atoms with Crippen molar-refractivity contribution in [1.82, 2.24) is 0 Å². The zero-order valence-corrected chi connectivity index (χ0v) is 57.4. The second kappa shape index (κ2) is 23.4. The van der Waals surface area contributed by atoms with E-state index in [1.165, 1.54) is 151 Å². The van der Waals surface area contributed by atoms with Crippen molar-refractivity contribution in [1.29, 1.82) is 0 Å². The molecule has 12 heteroatoms. The van der Waals surface area contributed by atoms with Gasteiger partial charge in [0.2, 0.25) is 0 Å². The summed E-state index contributed by atoms with van der Waals surface area (Å²) in [7, 11) is 0. The molecule has 0 aromatic heterocycles. The Morgan fingerprint density at radius 3 is 0.389 bits per heavy atom. The SMILES string of the molecule is c1ccc2c(c1)Sc1cccc(C3C(c4cccc5c4Sc4ccccc4S5)C(c4cccc5c4Sc4ccccc4S5)C(c4cccc5c4Sc4ccccc4S5)C(c4cccc5c4Sc4ccccc4S5)C3c3cccc4c3Sc3ccccc3S4)c1S2. The first-order chi connectivity index (χ1) is 44.6. The predicted octanol–water partition coefficient (Wildman–Crippen LogP) is 26.4. The maximum atomic E-state index is 2.59. The van der Waals surface area contributed by atoms with Crippen molar-refractivity contribution >= 4 is 141 Å². The van der Waals surface area contributed by atoms with Crippen LogP contribution >= 0.6 is 141 Å². The fraction of sp³-hybridized carbons (Fsp3) is 0.0769. The molecule has 6 aliphatic heterocycles. The normalized spacial score (nSPS) is 20.1. The summed E-state index contributed by atoms with van der Waals surface area (Å²) in [5, 5.41) is 0. The summed E-state index contributed by atoms with van der Waals surface area (Å²) in [6.07, 6.45) is 0. The van der Waals surface area contributed by atoms with Gasteiger partial charge in [-0.1, -0.05) is 287 Å². The van der Waals surface area contributed by atoms with Gasteiger partial charge in [0.25, 0.3) is 0 Å². The van der Waals surface area contributed by atoms with Crippen molar-refractivity contribution in [3.63, 3.8) is 0 Å². The van der Waals surface area contributed by atoms with Gasteiger partial charge in [0, 0.05) is 153 Å². The van der Waals surface area contributed by atoms with Crippen LogP contribution in [0.25, 0.3) is 0 Å². The molecule has 0 unspecified atom stereocenters. The fourth-order valence-electron chi connectivity index (χ4n) is 14.7. The third-order valence-electron chi connectivity index (χ3n) is 18.2. The average Bonchev–Trinajstić information content (AvgIpc) is 0.699. The van der Waals surface area contributed by atoms with Gasteiger partial charge in [-0.05, 0) is 143 Å². The molecule has 0 radical (unpaired) electrons. The Hall–Kier alpha value is -5.16. The van der Waals surface area contributed by atoms with Crippen LogP contribution in [0.3, 0.4) is 0 Å². The van der Waals surface area contributed by atoms with E-state index in [1.807, 2.05) is 141 Å². The number of fused-ring (bicyclic) bond motifs is 12. The molecule has 1 aliphatic carbocycles. The Morgan fingerprint density at radius 2 is 0.244 bits per heavy atom. The molecule has 1 saturated carbocycles. The third-order valence-corrected chi connectivity index (χ3v) is 34.0. The quantitative estimate of drug-likeness (QED) is 0.156. The van der Waals surface area contributed by atoms with Crippen molar-refractivity contribution in [2.24, 2.45) is 0 Å². The zero-order valence-electron chi connectivity index (χ0n) is 47.6. The highest BCUT2D eigenvalue weighted by atomic mass is 32.2. The van der Waals surface area contributed by atoms with Crippen LogP contribution in [0, 0.1) is 0 Å². The van der Waals surface area contributed by atoms with Gasteiger partial charge >= 0.3 is 0 Å². The van der Waals surface area contributed by atoms with Crippen molar-refractivity contribution in [3.05, 3.63) is 288 Å². The molecule has 1 fully saturated rings. The lowest BCUT2D eigenvalue weighted by molar-refractivity contribution is 0.216. The largest absolute Gasteiger partial charge is 0.0877 e. The molecule has 6 heterocycles. The standard InChI is InChI=1S/C78H48S12/c1-7-31-55-49(25-1)79-61-37-13-19-43(73(61)85-55)67-68(44-20-14-38-62-74(44)86-56-32-8-2-26-50(56)80-62)70(46-22-16-40-64-76(46)88-58-34-10-4-28-52(58)82-64)72(48-24-18-42-66-78(48)90-60-36-12-6-30-54(60)84-66)71(47-23-17-41-65-77(47)89-59-35-11-5-29-53(59)83-65)69(67)45-21-15-39-63-75(45)87-57-33-9-3-27-51(57)81-63/h1-42,67-72H. The average molecular weight is 1370 g/mol. The van der Waals surface area contributed by atoms with Gasteiger partial charge in [0.05, 0.1) is 0 Å². The minimum Gasteiger partial charge on any atom is -0.0877 e. The third kappa shape index (κ3) is 9.57. The Labute approximate surface area is 576 Å². The Morgan fingerprint density at radius 1 is 0.122 bits per heavy atom. The van der Waals surface area contributed by atoms with Crippen LogP contribution in [0.2, 0.25) is 0 Å². The van der Waals surface area contributed by atoms with Gasteiger partial charge < -0.3 is 0 Å². The fourth-order valence-corrected chi connectivity index (χ4v) is 29.3. The molecule has 0 spiro atoms. The lowest BCUT2D eigenvalue weighted by Gasteiger charge is -2.55. The van der Waals surface area contributed by atoms with Gasteiger partial charge in [-0.25, -0.2) is 0 Å². The summed E-state index contributed by atoms with van der Waals surface area (Å²) in [6.45, 7) is 0. The summed E-state index contributed by atoms with van der Waals surface area (Å²) in [4.78, 5) is 32.4. The van der Waals surface area contributed by atoms with Gasteiger partial charge in [-0.2, -0.15) is 0 Å². The lowest BCUT2D eigenvalue weighted by Crippen LogP contribution is -2.41. The van der Waals surface area contributed by atoms with E-state index in [9.17, 15) is 0 Å². The number of rotatable bonds is 6. The van der Waals surface area contributed by atoms with Crippen LogP contribution in [-0.4, -0.2) is 0 Å². The topological polar surface area (TPSA) is 0 Å². The highest BCUT2D eigenvalue weighted by Crippen LogP contribution is 2.74. The highest BCUT2D eigenvalue weighted by Gasteiger charge is 2.57. The number of benzene rings is 12. The summed E-state index contributed by atoms with van der Waals surface area (Å²) in [6, 6.07) is 99.4. The van der Waals surface area contributed by atoms with E-state index in [1.54, 1.807) is 0 Å². The molecule has 90 heavy (non-hydrogen) atoms. The molecule has 432 valence electrons. The second-order valence-electron chi connectivity index (χ2n) is 23.1. The van der Waals surface area contributed by atoms with Crippen LogP contribution in [0.5, 0.6) is 0 Å². The van der Waals surface area contributed by atoms with E-state index in [0.29, 0.717) is 0 Å². The van der Waals surface area contributed by atoms with Gasteiger partial charge in [0.15, 0.2) is 0 Å². The molecule has 0 amide bonds. The summed E-state index contributed by atoms with van der Waals surface area (Å²) in [5.74, 6) is -0.310. The van der Waals surface area contributed by atoms with E-state index in [2.05, 4.69) is 255 Å². The Kier molecular flexibility index (Phi) is 14.7.